The van der Waals surface area contributed by atoms with Crippen molar-refractivity contribution < 1.29 is 14.3 Å². The molecule has 5 nitrogen and oxygen atoms in total. The van der Waals surface area contributed by atoms with E-state index in [2.05, 4.69) is 27.9 Å². The summed E-state index contributed by atoms with van der Waals surface area (Å²) in [4.78, 5) is 12.5. The number of halogens is 4. The van der Waals surface area contributed by atoms with Crippen molar-refractivity contribution in [3.8, 4) is 17.6 Å². The molecular formula is C24H16Cl3IN2O3. The zero-order chi connectivity index (χ0) is 24.0. The number of carbonyl (C=O) groups is 1. The van der Waals surface area contributed by atoms with Crippen LogP contribution in [-0.2, 0) is 11.4 Å². The highest BCUT2D eigenvalue weighted by Crippen LogP contribution is 2.36. The predicted molar refractivity (Wildman–Crippen MR) is 140 cm³/mol. The van der Waals surface area contributed by atoms with E-state index in [0.29, 0.717) is 43.4 Å². The van der Waals surface area contributed by atoms with Crippen molar-refractivity contribution in [2.24, 2.45) is 0 Å². The molecule has 3 aromatic rings. The van der Waals surface area contributed by atoms with Crippen molar-refractivity contribution in [2.45, 2.75) is 6.61 Å². The molecular weight excluding hydrogens is 598 g/mol. The molecule has 168 valence electrons. The molecule has 0 heterocycles. The van der Waals surface area contributed by atoms with Crippen LogP contribution in [0.2, 0.25) is 15.1 Å². The largest absolute Gasteiger partial charge is 0.493 e. The van der Waals surface area contributed by atoms with Gasteiger partial charge in [-0.15, -0.1) is 0 Å². The number of nitriles is 1. The highest BCUT2D eigenvalue weighted by molar-refractivity contribution is 14.1. The van der Waals surface area contributed by atoms with Crippen LogP contribution in [0, 0.1) is 14.9 Å². The van der Waals surface area contributed by atoms with Crippen molar-refractivity contribution in [3.63, 3.8) is 0 Å². The molecule has 0 aliphatic rings. The Morgan fingerprint density at radius 2 is 1.79 bits per heavy atom. The molecule has 0 spiro atoms. The van der Waals surface area contributed by atoms with Gasteiger partial charge in [0.25, 0.3) is 5.91 Å². The lowest BCUT2D eigenvalue weighted by atomic mass is 10.1. The predicted octanol–water partition coefficient (Wildman–Crippen LogP) is 7.38. The zero-order valence-corrected chi connectivity index (χ0v) is 21.6. The number of benzene rings is 3. The molecule has 0 aliphatic carbocycles. The average Bonchev–Trinajstić information content (AvgIpc) is 2.79. The van der Waals surface area contributed by atoms with Crippen LogP contribution in [0.5, 0.6) is 11.5 Å². The van der Waals surface area contributed by atoms with E-state index in [4.69, 9.17) is 44.3 Å². The van der Waals surface area contributed by atoms with Gasteiger partial charge >= 0.3 is 0 Å². The number of carbonyl (C=O) groups excluding carboxylic acids is 1. The van der Waals surface area contributed by atoms with Crippen molar-refractivity contribution in [2.75, 3.05) is 12.4 Å². The van der Waals surface area contributed by atoms with Crippen molar-refractivity contribution in [1.82, 2.24) is 0 Å². The van der Waals surface area contributed by atoms with E-state index < -0.39 is 5.91 Å². The van der Waals surface area contributed by atoms with Crippen molar-refractivity contribution in [1.29, 1.82) is 5.26 Å². The van der Waals surface area contributed by atoms with E-state index in [0.717, 1.165) is 3.57 Å². The fourth-order valence-electron chi connectivity index (χ4n) is 2.82. The van der Waals surface area contributed by atoms with Gasteiger partial charge in [0.15, 0.2) is 11.5 Å². The molecule has 3 aromatic carbocycles. The summed E-state index contributed by atoms with van der Waals surface area (Å²) in [6, 6.07) is 17.2. The Hall–Kier alpha value is -2.44. The van der Waals surface area contributed by atoms with Gasteiger partial charge in [-0.25, -0.2) is 0 Å². The van der Waals surface area contributed by atoms with Crippen LogP contribution < -0.4 is 14.8 Å². The SMILES string of the molecule is COc1cc(/C=C(/C#N)C(=O)Nc2ccc(Cl)cc2)cc(I)c1OCc1c(Cl)cccc1Cl. The molecule has 0 unspecified atom stereocenters. The molecule has 0 aromatic heterocycles. The molecule has 1 amide bonds. The third-order valence-electron chi connectivity index (χ3n) is 4.45. The van der Waals surface area contributed by atoms with Gasteiger partial charge < -0.3 is 14.8 Å². The lowest BCUT2D eigenvalue weighted by Crippen LogP contribution is -2.13. The summed E-state index contributed by atoms with van der Waals surface area (Å²) in [5, 5.41) is 13.7. The van der Waals surface area contributed by atoms with Crippen LogP contribution >= 0.6 is 57.4 Å². The highest BCUT2D eigenvalue weighted by Gasteiger charge is 2.15. The maximum atomic E-state index is 12.5. The van der Waals surface area contributed by atoms with Gasteiger partial charge in [0, 0.05) is 26.3 Å². The Labute approximate surface area is 220 Å². The van der Waals surface area contributed by atoms with E-state index in [1.807, 2.05) is 6.07 Å². The van der Waals surface area contributed by atoms with Crippen molar-refractivity contribution in [3.05, 3.63) is 89.9 Å². The Morgan fingerprint density at radius 1 is 1.12 bits per heavy atom. The van der Waals surface area contributed by atoms with Crippen molar-refractivity contribution >= 4 is 75.1 Å². The first-order valence-electron chi connectivity index (χ1n) is 9.44. The highest BCUT2D eigenvalue weighted by atomic mass is 127. The second kappa shape index (κ2) is 11.6. The molecule has 0 radical (unpaired) electrons. The quantitative estimate of drug-likeness (QED) is 0.172. The Kier molecular flexibility index (Phi) is 8.87. The lowest BCUT2D eigenvalue weighted by molar-refractivity contribution is -0.112. The van der Waals surface area contributed by atoms with E-state index in [1.165, 1.54) is 13.2 Å². The van der Waals surface area contributed by atoms with Gasteiger partial charge in [-0.05, 0) is 82.8 Å². The standard InChI is InChI=1S/C24H16Cl3IN2O3/c1-32-22-11-14(9-15(12-29)24(31)30-17-7-5-16(25)6-8-17)10-21(28)23(22)33-13-18-19(26)3-2-4-20(18)27/h2-11H,13H2,1H3,(H,30,31)/b15-9-. The second-order valence-electron chi connectivity index (χ2n) is 6.65. The number of methoxy groups -OCH3 is 1. The number of amides is 1. The van der Waals surface area contributed by atoms with Crippen LogP contribution in [0.4, 0.5) is 5.69 Å². The minimum absolute atomic E-state index is 0.0701. The van der Waals surface area contributed by atoms with Crippen LogP contribution in [0.15, 0.2) is 60.2 Å². The first kappa shape index (κ1) is 25.2. The number of ether oxygens (including phenoxy) is 2. The number of anilines is 1. The third-order valence-corrected chi connectivity index (χ3v) is 6.21. The summed E-state index contributed by atoms with van der Waals surface area (Å²) in [5.74, 6) is 0.393. The summed E-state index contributed by atoms with van der Waals surface area (Å²) in [6.45, 7) is 0.146. The Balaban J connectivity index is 1.84. The van der Waals surface area contributed by atoms with E-state index in [1.54, 1.807) is 54.6 Å². The number of hydrogen-bond acceptors (Lipinski definition) is 4. The van der Waals surface area contributed by atoms with Gasteiger partial charge in [0.2, 0.25) is 0 Å². The van der Waals surface area contributed by atoms with Crippen LogP contribution in [0.25, 0.3) is 6.08 Å². The second-order valence-corrected chi connectivity index (χ2v) is 9.07. The average molecular weight is 614 g/mol. The lowest BCUT2D eigenvalue weighted by Gasteiger charge is -2.15. The zero-order valence-electron chi connectivity index (χ0n) is 17.2. The monoisotopic (exact) mass is 612 g/mol. The molecule has 0 bridgehead atoms. The van der Waals surface area contributed by atoms with E-state index in [-0.39, 0.29) is 12.2 Å². The molecule has 9 heteroatoms. The molecule has 0 aliphatic heterocycles. The van der Waals surface area contributed by atoms with Gasteiger partial charge in [-0.3, -0.25) is 4.79 Å². The summed E-state index contributed by atoms with van der Waals surface area (Å²) >= 11 is 20.4. The maximum Gasteiger partial charge on any atom is 0.266 e. The first-order valence-corrected chi connectivity index (χ1v) is 11.7. The first-order chi connectivity index (χ1) is 15.8. The summed E-state index contributed by atoms with van der Waals surface area (Å²) in [6.07, 6.45) is 1.48. The van der Waals surface area contributed by atoms with E-state index in [9.17, 15) is 10.1 Å². The van der Waals surface area contributed by atoms with Crippen LogP contribution in [-0.4, -0.2) is 13.0 Å². The summed E-state index contributed by atoms with van der Waals surface area (Å²) < 4.78 is 12.1. The fraction of sp³-hybridized carbons (Fsp3) is 0.0833. The van der Waals surface area contributed by atoms with E-state index >= 15 is 0 Å². The topological polar surface area (TPSA) is 71.3 Å². The molecule has 0 atom stereocenters. The molecule has 0 fully saturated rings. The number of nitrogens with one attached hydrogen (secondary N) is 1. The molecule has 1 N–H and O–H groups in total. The Morgan fingerprint density at radius 3 is 2.39 bits per heavy atom. The molecule has 3 rings (SSSR count). The number of nitrogens with zero attached hydrogens (tertiary/aromatic N) is 1. The summed E-state index contributed by atoms with van der Waals surface area (Å²) in [7, 11) is 1.51. The summed E-state index contributed by atoms with van der Waals surface area (Å²) in [5.41, 5.74) is 1.72. The number of rotatable bonds is 7. The number of hydrogen-bond donors (Lipinski definition) is 1. The van der Waals surface area contributed by atoms with Gasteiger partial charge in [-0.2, -0.15) is 5.26 Å². The minimum atomic E-state index is -0.539. The third kappa shape index (κ3) is 6.55. The van der Waals surface area contributed by atoms with Crippen LogP contribution in [0.3, 0.4) is 0 Å². The maximum absolute atomic E-state index is 12.5. The normalized spacial score (nSPS) is 11.0. The van der Waals surface area contributed by atoms with Gasteiger partial charge in [0.05, 0.1) is 10.7 Å². The van der Waals surface area contributed by atoms with Crippen LogP contribution in [0.1, 0.15) is 11.1 Å². The molecule has 0 saturated heterocycles. The Bertz CT molecular complexity index is 1230. The van der Waals surface area contributed by atoms with Gasteiger partial charge in [-0.1, -0.05) is 40.9 Å². The molecule has 33 heavy (non-hydrogen) atoms. The molecule has 0 saturated carbocycles. The van der Waals surface area contributed by atoms with Gasteiger partial charge in [0.1, 0.15) is 18.2 Å². The fourth-order valence-corrected chi connectivity index (χ4v) is 4.24. The smallest absolute Gasteiger partial charge is 0.266 e. The minimum Gasteiger partial charge on any atom is -0.493 e.